The van der Waals surface area contributed by atoms with E-state index in [2.05, 4.69) is 0 Å². The summed E-state index contributed by atoms with van der Waals surface area (Å²) in [6.07, 6.45) is 2.61. The highest BCUT2D eigenvalue weighted by molar-refractivity contribution is 5.69. The van der Waals surface area contributed by atoms with E-state index in [-0.39, 0.29) is 0 Å². The molecule has 86 valence electrons. The van der Waals surface area contributed by atoms with Crippen molar-refractivity contribution in [1.29, 1.82) is 0 Å². The molecule has 0 aliphatic rings. The fourth-order valence-electron chi connectivity index (χ4n) is 1.54. The lowest BCUT2D eigenvalue weighted by Crippen LogP contribution is -1.93. The van der Waals surface area contributed by atoms with E-state index in [1.54, 1.807) is 12.1 Å². The van der Waals surface area contributed by atoms with Crippen LogP contribution in [0.1, 0.15) is 23.0 Å². The van der Waals surface area contributed by atoms with Gasteiger partial charge in [0.1, 0.15) is 0 Å². The largest absolute Gasteiger partial charge is 0.364 e. The van der Waals surface area contributed by atoms with Crippen LogP contribution in [0.15, 0.2) is 54.6 Å². The number of rotatable bonds is 3. The van der Waals surface area contributed by atoms with Crippen molar-refractivity contribution in [2.24, 2.45) is 0 Å². The SMILES string of the molecule is OC(O)c1ccc(C=Cc2ccccc2)cc1. The molecule has 0 heterocycles. The highest BCUT2D eigenvalue weighted by atomic mass is 16.5. The smallest absolute Gasteiger partial charge is 0.178 e. The lowest BCUT2D eigenvalue weighted by molar-refractivity contribution is -0.0424. The van der Waals surface area contributed by atoms with Crippen molar-refractivity contribution in [3.63, 3.8) is 0 Å². The van der Waals surface area contributed by atoms with E-state index >= 15 is 0 Å². The molecule has 0 amide bonds. The zero-order valence-corrected chi connectivity index (χ0v) is 9.32. The van der Waals surface area contributed by atoms with E-state index in [0.717, 1.165) is 11.1 Å². The molecular formula is C15H14O2. The Bertz CT molecular complexity index is 484. The Morgan fingerprint density at radius 1 is 0.706 bits per heavy atom. The number of aliphatic hydroxyl groups excluding tert-OH is 1. The Morgan fingerprint density at radius 2 is 1.24 bits per heavy atom. The van der Waals surface area contributed by atoms with Gasteiger partial charge in [0.25, 0.3) is 0 Å². The van der Waals surface area contributed by atoms with Crippen molar-refractivity contribution in [2.45, 2.75) is 6.29 Å². The zero-order valence-electron chi connectivity index (χ0n) is 9.32. The number of hydrogen-bond acceptors (Lipinski definition) is 2. The molecule has 0 fully saturated rings. The van der Waals surface area contributed by atoms with Crippen molar-refractivity contribution in [2.75, 3.05) is 0 Å². The van der Waals surface area contributed by atoms with Crippen LogP contribution in [0.2, 0.25) is 0 Å². The van der Waals surface area contributed by atoms with Crippen LogP contribution < -0.4 is 0 Å². The minimum atomic E-state index is -1.40. The molecule has 2 aromatic carbocycles. The van der Waals surface area contributed by atoms with E-state index in [9.17, 15) is 0 Å². The van der Waals surface area contributed by atoms with Crippen LogP contribution in [0.5, 0.6) is 0 Å². The summed E-state index contributed by atoms with van der Waals surface area (Å²) < 4.78 is 0. The third-order valence-electron chi connectivity index (χ3n) is 2.50. The Labute approximate surface area is 100 Å². The van der Waals surface area contributed by atoms with Crippen LogP contribution in [0.25, 0.3) is 12.2 Å². The van der Waals surface area contributed by atoms with Gasteiger partial charge >= 0.3 is 0 Å². The summed E-state index contributed by atoms with van der Waals surface area (Å²) in [5.74, 6) is 0. The van der Waals surface area contributed by atoms with Crippen LogP contribution >= 0.6 is 0 Å². The van der Waals surface area contributed by atoms with Gasteiger partial charge < -0.3 is 10.2 Å². The first kappa shape index (κ1) is 11.6. The third kappa shape index (κ3) is 3.28. The Kier molecular flexibility index (Phi) is 3.70. The predicted octanol–water partition coefficient (Wildman–Crippen LogP) is 2.84. The molecule has 0 bridgehead atoms. The summed E-state index contributed by atoms with van der Waals surface area (Å²) >= 11 is 0. The van der Waals surface area contributed by atoms with Gasteiger partial charge in [-0.3, -0.25) is 0 Å². The van der Waals surface area contributed by atoms with Crippen molar-refractivity contribution in [1.82, 2.24) is 0 Å². The molecule has 0 saturated carbocycles. The van der Waals surface area contributed by atoms with Gasteiger partial charge in [-0.2, -0.15) is 0 Å². The molecule has 0 aliphatic carbocycles. The molecule has 0 unspecified atom stereocenters. The summed E-state index contributed by atoms with van der Waals surface area (Å²) in [5, 5.41) is 17.9. The van der Waals surface area contributed by atoms with Crippen LogP contribution in [-0.2, 0) is 0 Å². The molecule has 0 radical (unpaired) electrons. The summed E-state index contributed by atoms with van der Waals surface area (Å²) in [5.41, 5.74) is 2.67. The quantitative estimate of drug-likeness (QED) is 0.624. The van der Waals surface area contributed by atoms with Crippen molar-refractivity contribution in [3.8, 4) is 0 Å². The standard InChI is InChI=1S/C15H14O2/c16-15(17)14-10-8-13(9-11-14)7-6-12-4-2-1-3-5-12/h1-11,15-17H. The van der Waals surface area contributed by atoms with E-state index < -0.39 is 6.29 Å². The van der Waals surface area contributed by atoms with Gasteiger partial charge in [-0.25, -0.2) is 0 Å². The first-order valence-corrected chi connectivity index (χ1v) is 5.45. The van der Waals surface area contributed by atoms with Gasteiger partial charge in [-0.15, -0.1) is 0 Å². The van der Waals surface area contributed by atoms with E-state index in [1.807, 2.05) is 54.6 Å². The van der Waals surface area contributed by atoms with Crippen molar-refractivity contribution < 1.29 is 10.2 Å². The number of hydrogen-bond donors (Lipinski definition) is 2. The normalized spacial score (nSPS) is 11.2. The molecule has 2 rings (SSSR count). The minimum Gasteiger partial charge on any atom is -0.364 e. The second-order valence-corrected chi connectivity index (χ2v) is 3.78. The second kappa shape index (κ2) is 5.43. The summed E-state index contributed by atoms with van der Waals surface area (Å²) in [7, 11) is 0. The summed E-state index contributed by atoms with van der Waals surface area (Å²) in [6, 6.07) is 17.1. The molecule has 2 heteroatoms. The van der Waals surface area contributed by atoms with Crippen molar-refractivity contribution >= 4 is 12.2 Å². The maximum absolute atomic E-state index is 8.96. The Hall–Kier alpha value is -1.90. The minimum absolute atomic E-state index is 0.502. The number of aliphatic hydroxyl groups is 2. The van der Waals surface area contributed by atoms with Crippen LogP contribution in [0, 0.1) is 0 Å². The van der Waals surface area contributed by atoms with Gasteiger partial charge in [-0.1, -0.05) is 66.7 Å². The maximum atomic E-state index is 8.96. The second-order valence-electron chi connectivity index (χ2n) is 3.78. The molecule has 2 N–H and O–H groups in total. The maximum Gasteiger partial charge on any atom is 0.178 e. The first-order chi connectivity index (χ1) is 8.25. The molecule has 0 spiro atoms. The molecule has 2 aromatic rings. The van der Waals surface area contributed by atoms with E-state index in [0.29, 0.717) is 5.56 Å². The molecule has 0 saturated heterocycles. The molecular weight excluding hydrogens is 212 g/mol. The molecule has 0 aromatic heterocycles. The van der Waals surface area contributed by atoms with Crippen LogP contribution in [0.4, 0.5) is 0 Å². The fraction of sp³-hybridized carbons (Fsp3) is 0.0667. The van der Waals surface area contributed by atoms with Crippen LogP contribution in [-0.4, -0.2) is 10.2 Å². The average molecular weight is 226 g/mol. The molecule has 0 aliphatic heterocycles. The van der Waals surface area contributed by atoms with Gasteiger partial charge in [0.05, 0.1) is 0 Å². The predicted molar refractivity (Wildman–Crippen MR) is 69.0 cm³/mol. The molecule has 17 heavy (non-hydrogen) atoms. The highest BCUT2D eigenvalue weighted by Gasteiger charge is 1.99. The van der Waals surface area contributed by atoms with Gasteiger partial charge in [0.2, 0.25) is 0 Å². The van der Waals surface area contributed by atoms with E-state index in [1.165, 1.54) is 0 Å². The third-order valence-corrected chi connectivity index (χ3v) is 2.50. The Morgan fingerprint density at radius 3 is 1.76 bits per heavy atom. The Balaban J connectivity index is 2.12. The van der Waals surface area contributed by atoms with Gasteiger partial charge in [0.15, 0.2) is 6.29 Å². The summed E-state index contributed by atoms with van der Waals surface area (Å²) in [6.45, 7) is 0. The van der Waals surface area contributed by atoms with E-state index in [4.69, 9.17) is 10.2 Å². The van der Waals surface area contributed by atoms with Gasteiger partial charge in [-0.05, 0) is 11.1 Å². The first-order valence-electron chi connectivity index (χ1n) is 5.45. The summed E-state index contributed by atoms with van der Waals surface area (Å²) in [4.78, 5) is 0. The lowest BCUT2D eigenvalue weighted by Gasteiger charge is -2.03. The topological polar surface area (TPSA) is 40.5 Å². The molecule has 0 atom stereocenters. The monoisotopic (exact) mass is 226 g/mol. The average Bonchev–Trinajstić information content (AvgIpc) is 2.38. The van der Waals surface area contributed by atoms with Crippen molar-refractivity contribution in [3.05, 3.63) is 71.3 Å². The van der Waals surface area contributed by atoms with Gasteiger partial charge in [0, 0.05) is 5.56 Å². The highest BCUT2D eigenvalue weighted by Crippen LogP contribution is 2.13. The number of benzene rings is 2. The fourth-order valence-corrected chi connectivity index (χ4v) is 1.54. The zero-order chi connectivity index (χ0) is 12.1. The van der Waals surface area contributed by atoms with Crippen LogP contribution in [0.3, 0.4) is 0 Å². The molecule has 2 nitrogen and oxygen atoms in total. The lowest BCUT2D eigenvalue weighted by atomic mass is 10.1.